The predicted molar refractivity (Wildman–Crippen MR) is 45.1 cm³/mol. The monoisotopic (exact) mass is 199 g/mol. The van der Waals surface area contributed by atoms with E-state index in [2.05, 4.69) is 5.32 Å². The molecule has 1 aliphatic rings. The average molecular weight is 199 g/mol. The summed E-state index contributed by atoms with van der Waals surface area (Å²) in [5, 5.41) is 2.31. The van der Waals surface area contributed by atoms with Gasteiger partial charge in [-0.15, -0.1) is 0 Å². The second-order valence-electron chi connectivity index (χ2n) is 2.91. The van der Waals surface area contributed by atoms with E-state index in [9.17, 15) is 13.6 Å². The first-order valence-corrected chi connectivity index (χ1v) is 4.08. The third kappa shape index (κ3) is 1.53. The van der Waals surface area contributed by atoms with E-state index in [0.29, 0.717) is 6.07 Å². The molecule has 0 unspecified atom stereocenters. The Hall–Kier alpha value is -1.65. The molecule has 0 fully saturated rings. The molecule has 5 heteroatoms. The Morgan fingerprint density at radius 1 is 1.36 bits per heavy atom. The summed E-state index contributed by atoms with van der Waals surface area (Å²) in [6, 6.07) is 1.75. The molecule has 0 aromatic heterocycles. The summed E-state index contributed by atoms with van der Waals surface area (Å²) >= 11 is 0. The summed E-state index contributed by atoms with van der Waals surface area (Å²) in [5.74, 6) is -1.85. The number of rotatable bonds is 0. The number of fused-ring (bicyclic) bond motifs is 1. The molecule has 74 valence electrons. The first kappa shape index (κ1) is 8.93. The van der Waals surface area contributed by atoms with Crippen LogP contribution in [0.5, 0.6) is 5.75 Å². The quantitative estimate of drug-likeness (QED) is 0.690. The van der Waals surface area contributed by atoms with Crippen LogP contribution in [0.25, 0.3) is 0 Å². The zero-order chi connectivity index (χ0) is 10.1. The molecule has 1 heterocycles. The van der Waals surface area contributed by atoms with E-state index >= 15 is 0 Å². The number of amides is 1. The number of carbonyl (C=O) groups is 1. The lowest BCUT2D eigenvalue weighted by Gasteiger charge is -2.07. The number of halogens is 2. The van der Waals surface area contributed by atoms with Crippen LogP contribution in [0.15, 0.2) is 12.1 Å². The van der Waals surface area contributed by atoms with Crippen LogP contribution in [0, 0.1) is 11.6 Å². The minimum atomic E-state index is -0.824. The molecule has 0 saturated heterocycles. The second-order valence-corrected chi connectivity index (χ2v) is 2.91. The van der Waals surface area contributed by atoms with E-state index in [-0.39, 0.29) is 30.4 Å². The van der Waals surface area contributed by atoms with E-state index in [1.54, 1.807) is 0 Å². The normalized spacial score (nSPS) is 15.1. The number of anilines is 1. The highest BCUT2D eigenvalue weighted by molar-refractivity contribution is 5.93. The standard InChI is InChI=1S/C9H7F2NO2/c10-5-3-6(11)9-7(4-5)14-2-1-8(13)12-9/h3-4H,1-2H2,(H,12,13). The van der Waals surface area contributed by atoms with Gasteiger partial charge in [-0.25, -0.2) is 8.78 Å². The molecular weight excluding hydrogens is 192 g/mol. The fourth-order valence-electron chi connectivity index (χ4n) is 1.24. The van der Waals surface area contributed by atoms with Crippen LogP contribution in [-0.2, 0) is 4.79 Å². The van der Waals surface area contributed by atoms with Crippen molar-refractivity contribution in [2.24, 2.45) is 0 Å². The molecule has 0 aliphatic carbocycles. The molecule has 0 saturated carbocycles. The van der Waals surface area contributed by atoms with Crippen molar-refractivity contribution in [2.45, 2.75) is 6.42 Å². The second kappa shape index (κ2) is 3.25. The SMILES string of the molecule is O=C1CCOc2cc(F)cc(F)c2N1. The average Bonchev–Trinajstić information content (AvgIpc) is 2.27. The number of nitrogens with one attached hydrogen (secondary N) is 1. The molecule has 1 aliphatic heterocycles. The van der Waals surface area contributed by atoms with Gasteiger partial charge in [0.1, 0.15) is 17.3 Å². The maximum absolute atomic E-state index is 13.2. The number of benzene rings is 1. The highest BCUT2D eigenvalue weighted by atomic mass is 19.1. The minimum Gasteiger partial charge on any atom is -0.491 e. The molecule has 14 heavy (non-hydrogen) atoms. The maximum atomic E-state index is 13.2. The van der Waals surface area contributed by atoms with Gasteiger partial charge in [0, 0.05) is 12.1 Å². The molecule has 2 rings (SSSR count). The maximum Gasteiger partial charge on any atom is 0.227 e. The molecule has 0 atom stereocenters. The third-order valence-electron chi connectivity index (χ3n) is 1.87. The van der Waals surface area contributed by atoms with E-state index in [0.717, 1.165) is 6.07 Å². The first-order valence-electron chi connectivity index (χ1n) is 4.08. The molecule has 0 bridgehead atoms. The lowest BCUT2D eigenvalue weighted by Crippen LogP contribution is -2.11. The number of hydrogen-bond acceptors (Lipinski definition) is 2. The van der Waals surface area contributed by atoms with Crippen molar-refractivity contribution in [3.8, 4) is 5.75 Å². The van der Waals surface area contributed by atoms with Gasteiger partial charge < -0.3 is 10.1 Å². The fraction of sp³-hybridized carbons (Fsp3) is 0.222. The zero-order valence-electron chi connectivity index (χ0n) is 7.14. The number of ether oxygens (including phenoxy) is 1. The lowest BCUT2D eigenvalue weighted by molar-refractivity contribution is -0.116. The Labute approximate surface area is 78.7 Å². The van der Waals surface area contributed by atoms with Crippen LogP contribution in [0.3, 0.4) is 0 Å². The van der Waals surface area contributed by atoms with Gasteiger partial charge in [-0.05, 0) is 0 Å². The van der Waals surface area contributed by atoms with E-state index < -0.39 is 11.6 Å². The summed E-state index contributed by atoms with van der Waals surface area (Å²) in [6.07, 6.45) is 0.135. The Kier molecular flexibility index (Phi) is 2.07. The van der Waals surface area contributed by atoms with E-state index in [4.69, 9.17) is 4.74 Å². The Morgan fingerprint density at radius 3 is 2.93 bits per heavy atom. The van der Waals surface area contributed by atoms with Crippen molar-refractivity contribution in [1.29, 1.82) is 0 Å². The third-order valence-corrected chi connectivity index (χ3v) is 1.87. The molecule has 0 radical (unpaired) electrons. The zero-order valence-corrected chi connectivity index (χ0v) is 7.14. The van der Waals surface area contributed by atoms with Crippen molar-refractivity contribution in [2.75, 3.05) is 11.9 Å². The van der Waals surface area contributed by atoms with Gasteiger partial charge in [0.2, 0.25) is 5.91 Å². The smallest absolute Gasteiger partial charge is 0.227 e. The van der Waals surface area contributed by atoms with Gasteiger partial charge in [0.25, 0.3) is 0 Å². The van der Waals surface area contributed by atoms with Gasteiger partial charge in [-0.2, -0.15) is 0 Å². The molecule has 3 nitrogen and oxygen atoms in total. The Bertz CT molecular complexity index is 393. The molecule has 0 spiro atoms. The summed E-state index contributed by atoms with van der Waals surface area (Å²) in [4.78, 5) is 11.0. The van der Waals surface area contributed by atoms with Gasteiger partial charge in [-0.1, -0.05) is 0 Å². The molecular formula is C9H7F2NO2. The van der Waals surface area contributed by atoms with Crippen molar-refractivity contribution in [3.63, 3.8) is 0 Å². The summed E-state index contributed by atoms with van der Waals surface area (Å²) in [5.41, 5.74) is -0.0890. The Balaban J connectivity index is 2.50. The number of hydrogen-bond donors (Lipinski definition) is 1. The fourth-order valence-corrected chi connectivity index (χ4v) is 1.24. The van der Waals surface area contributed by atoms with Gasteiger partial charge in [0.15, 0.2) is 5.82 Å². The molecule has 1 aromatic carbocycles. The van der Waals surface area contributed by atoms with Crippen molar-refractivity contribution >= 4 is 11.6 Å². The van der Waals surface area contributed by atoms with Crippen LogP contribution >= 0.6 is 0 Å². The van der Waals surface area contributed by atoms with Crippen molar-refractivity contribution in [3.05, 3.63) is 23.8 Å². The van der Waals surface area contributed by atoms with Gasteiger partial charge in [-0.3, -0.25) is 4.79 Å². The number of carbonyl (C=O) groups excluding carboxylic acids is 1. The minimum absolute atomic E-state index is 0.0355. The van der Waals surface area contributed by atoms with E-state index in [1.165, 1.54) is 0 Å². The Morgan fingerprint density at radius 2 is 2.14 bits per heavy atom. The van der Waals surface area contributed by atoms with Crippen LogP contribution in [0.2, 0.25) is 0 Å². The molecule has 1 aromatic rings. The summed E-state index contributed by atoms with van der Waals surface area (Å²) in [7, 11) is 0. The van der Waals surface area contributed by atoms with Gasteiger partial charge in [0.05, 0.1) is 13.0 Å². The van der Waals surface area contributed by atoms with Crippen LogP contribution < -0.4 is 10.1 Å². The molecule has 1 amide bonds. The topological polar surface area (TPSA) is 38.3 Å². The first-order chi connectivity index (χ1) is 6.66. The van der Waals surface area contributed by atoms with Crippen molar-refractivity contribution < 1.29 is 18.3 Å². The molecule has 1 N–H and O–H groups in total. The largest absolute Gasteiger partial charge is 0.491 e. The summed E-state index contributed by atoms with van der Waals surface area (Å²) in [6.45, 7) is 0.127. The van der Waals surface area contributed by atoms with Crippen LogP contribution in [0.1, 0.15) is 6.42 Å². The van der Waals surface area contributed by atoms with Crippen LogP contribution in [0.4, 0.5) is 14.5 Å². The summed E-state index contributed by atoms with van der Waals surface area (Å²) < 4.78 is 30.9. The highest BCUT2D eigenvalue weighted by Gasteiger charge is 2.18. The predicted octanol–water partition coefficient (Wildman–Crippen LogP) is 1.69. The van der Waals surface area contributed by atoms with Gasteiger partial charge >= 0.3 is 0 Å². The lowest BCUT2D eigenvalue weighted by atomic mass is 10.2. The van der Waals surface area contributed by atoms with E-state index in [1.807, 2.05) is 0 Å². The van der Waals surface area contributed by atoms with Crippen LogP contribution in [-0.4, -0.2) is 12.5 Å². The highest BCUT2D eigenvalue weighted by Crippen LogP contribution is 2.30. The van der Waals surface area contributed by atoms with Crippen molar-refractivity contribution in [1.82, 2.24) is 0 Å².